The van der Waals surface area contributed by atoms with E-state index in [0.717, 1.165) is 27.5 Å². The number of thiazole rings is 1. The molecule has 0 aliphatic rings. The smallest absolute Gasteiger partial charge is 0.124 e. The van der Waals surface area contributed by atoms with Crippen LogP contribution in [-0.4, -0.2) is 4.98 Å². The molecule has 0 amide bonds. The number of hydrogen-bond acceptors (Lipinski definition) is 3. The molecule has 0 bridgehead atoms. The fourth-order valence-corrected chi connectivity index (χ4v) is 2.99. The van der Waals surface area contributed by atoms with Crippen molar-refractivity contribution in [2.24, 2.45) is 0 Å². The van der Waals surface area contributed by atoms with Crippen LogP contribution in [-0.2, 0) is 0 Å². The fourth-order valence-electron chi connectivity index (χ4n) is 1.87. The summed E-state index contributed by atoms with van der Waals surface area (Å²) in [7, 11) is 0. The van der Waals surface area contributed by atoms with Crippen LogP contribution in [0.5, 0.6) is 0 Å². The Hall–Kier alpha value is -1.55. The maximum absolute atomic E-state index is 6.04. The molecule has 0 saturated carbocycles. The van der Waals surface area contributed by atoms with Gasteiger partial charge in [0.15, 0.2) is 0 Å². The molecule has 0 atom stereocenters. The molecule has 2 N–H and O–H groups in total. The van der Waals surface area contributed by atoms with Gasteiger partial charge in [-0.2, -0.15) is 0 Å². The summed E-state index contributed by atoms with van der Waals surface area (Å²) in [4.78, 5) is 4.62. The van der Waals surface area contributed by atoms with Crippen molar-refractivity contribution in [2.75, 3.05) is 5.73 Å². The lowest BCUT2D eigenvalue weighted by Crippen LogP contribution is -1.85. The molecule has 0 spiro atoms. The molecule has 0 aliphatic heterocycles. The molecule has 3 rings (SSSR count). The minimum absolute atomic E-state index is 0.530. The second kappa shape index (κ2) is 5.44. The molecule has 3 aromatic rings. The van der Waals surface area contributed by atoms with Crippen molar-refractivity contribution in [3.8, 4) is 21.8 Å². The standard InChI is InChI=1S/C15H10Cl2N2S/c16-12-5-4-9(7-13(12)17)14-8-20-15(19-14)10-2-1-3-11(18)6-10/h1-8H,18H2. The molecule has 0 fully saturated rings. The lowest BCUT2D eigenvalue weighted by molar-refractivity contribution is 1.40. The van der Waals surface area contributed by atoms with Crippen molar-refractivity contribution < 1.29 is 0 Å². The number of nitrogens with zero attached hydrogens (tertiary/aromatic N) is 1. The van der Waals surface area contributed by atoms with Gasteiger partial charge in [-0.1, -0.05) is 41.4 Å². The van der Waals surface area contributed by atoms with E-state index in [1.807, 2.05) is 41.8 Å². The van der Waals surface area contributed by atoms with E-state index in [-0.39, 0.29) is 0 Å². The van der Waals surface area contributed by atoms with E-state index in [9.17, 15) is 0 Å². The first-order valence-corrected chi connectivity index (χ1v) is 7.54. The molecule has 2 nitrogen and oxygen atoms in total. The SMILES string of the molecule is Nc1cccc(-c2nc(-c3ccc(Cl)c(Cl)c3)cs2)c1. The van der Waals surface area contributed by atoms with Gasteiger partial charge in [-0.3, -0.25) is 0 Å². The van der Waals surface area contributed by atoms with E-state index in [1.54, 1.807) is 17.4 Å². The van der Waals surface area contributed by atoms with Crippen LogP contribution in [0.1, 0.15) is 0 Å². The molecule has 100 valence electrons. The Kier molecular flexibility index (Phi) is 3.66. The molecule has 1 heterocycles. The summed E-state index contributed by atoms with van der Waals surface area (Å²) in [5.41, 5.74) is 9.37. The molecule has 0 unspecified atom stereocenters. The van der Waals surface area contributed by atoms with Gasteiger partial charge >= 0.3 is 0 Å². The molecule has 5 heteroatoms. The summed E-state index contributed by atoms with van der Waals surface area (Å²) in [5, 5.41) is 4.00. The van der Waals surface area contributed by atoms with Crippen LogP contribution in [0.2, 0.25) is 10.0 Å². The zero-order valence-corrected chi connectivity index (χ0v) is 12.6. The van der Waals surface area contributed by atoms with Gasteiger partial charge in [0.05, 0.1) is 15.7 Å². The van der Waals surface area contributed by atoms with Gasteiger partial charge in [0.1, 0.15) is 5.01 Å². The van der Waals surface area contributed by atoms with Gasteiger partial charge < -0.3 is 5.73 Å². The fraction of sp³-hybridized carbons (Fsp3) is 0. The highest BCUT2D eigenvalue weighted by Crippen LogP contribution is 2.32. The van der Waals surface area contributed by atoms with Crippen molar-refractivity contribution in [1.82, 2.24) is 4.98 Å². The van der Waals surface area contributed by atoms with Crippen LogP contribution in [0.25, 0.3) is 21.8 Å². The third-order valence-electron chi connectivity index (χ3n) is 2.85. The number of nitrogens with two attached hydrogens (primary N) is 1. The Labute approximate surface area is 130 Å². The Morgan fingerprint density at radius 3 is 2.55 bits per heavy atom. The number of aromatic nitrogens is 1. The highest BCUT2D eigenvalue weighted by molar-refractivity contribution is 7.13. The Morgan fingerprint density at radius 1 is 0.950 bits per heavy atom. The summed E-state index contributed by atoms with van der Waals surface area (Å²) < 4.78 is 0. The summed E-state index contributed by atoms with van der Waals surface area (Å²) >= 11 is 13.5. The normalized spacial score (nSPS) is 10.7. The first kappa shape index (κ1) is 13.4. The average Bonchev–Trinajstić information content (AvgIpc) is 2.92. The minimum atomic E-state index is 0.530. The second-order valence-electron chi connectivity index (χ2n) is 4.29. The summed E-state index contributed by atoms with van der Waals surface area (Å²) in [5.74, 6) is 0. The van der Waals surface area contributed by atoms with E-state index < -0.39 is 0 Å². The number of benzene rings is 2. The van der Waals surface area contributed by atoms with E-state index in [1.165, 1.54) is 0 Å². The number of halogens is 2. The molecule has 1 aromatic heterocycles. The average molecular weight is 321 g/mol. The van der Waals surface area contributed by atoms with Gasteiger partial charge in [-0.15, -0.1) is 11.3 Å². The lowest BCUT2D eigenvalue weighted by Gasteiger charge is -2.00. The quantitative estimate of drug-likeness (QED) is 0.645. The predicted molar refractivity (Wildman–Crippen MR) is 87.4 cm³/mol. The van der Waals surface area contributed by atoms with Gasteiger partial charge in [0, 0.05) is 22.2 Å². The topological polar surface area (TPSA) is 38.9 Å². The third kappa shape index (κ3) is 2.66. The van der Waals surface area contributed by atoms with Crippen LogP contribution in [0, 0.1) is 0 Å². The number of rotatable bonds is 2. The van der Waals surface area contributed by atoms with Crippen molar-refractivity contribution in [1.29, 1.82) is 0 Å². The first-order valence-electron chi connectivity index (χ1n) is 5.90. The van der Waals surface area contributed by atoms with Crippen molar-refractivity contribution in [2.45, 2.75) is 0 Å². The largest absolute Gasteiger partial charge is 0.399 e. The molecular weight excluding hydrogens is 311 g/mol. The third-order valence-corrected chi connectivity index (χ3v) is 4.48. The number of anilines is 1. The zero-order chi connectivity index (χ0) is 14.1. The Bertz CT molecular complexity index is 768. The zero-order valence-electron chi connectivity index (χ0n) is 10.3. The number of hydrogen-bond donors (Lipinski definition) is 1. The van der Waals surface area contributed by atoms with Gasteiger partial charge in [-0.25, -0.2) is 4.98 Å². The minimum Gasteiger partial charge on any atom is -0.399 e. The maximum atomic E-state index is 6.04. The lowest BCUT2D eigenvalue weighted by atomic mass is 10.2. The monoisotopic (exact) mass is 320 g/mol. The van der Waals surface area contributed by atoms with Crippen molar-refractivity contribution in [3.05, 3.63) is 57.9 Å². The summed E-state index contributed by atoms with van der Waals surface area (Å²) in [6, 6.07) is 13.2. The molecular formula is C15H10Cl2N2S. The second-order valence-corrected chi connectivity index (χ2v) is 5.96. The van der Waals surface area contributed by atoms with E-state index in [2.05, 4.69) is 4.98 Å². The van der Waals surface area contributed by atoms with Gasteiger partial charge in [0.2, 0.25) is 0 Å². The Morgan fingerprint density at radius 2 is 1.80 bits per heavy atom. The van der Waals surface area contributed by atoms with Crippen LogP contribution >= 0.6 is 34.5 Å². The predicted octanol–water partition coefficient (Wildman–Crippen LogP) is 5.37. The first-order chi connectivity index (χ1) is 9.63. The summed E-state index contributed by atoms with van der Waals surface area (Å²) in [6.07, 6.45) is 0. The summed E-state index contributed by atoms with van der Waals surface area (Å²) in [6.45, 7) is 0. The van der Waals surface area contributed by atoms with E-state index in [4.69, 9.17) is 28.9 Å². The molecule has 0 radical (unpaired) electrons. The number of nitrogen functional groups attached to an aromatic ring is 1. The molecule has 0 aliphatic carbocycles. The van der Waals surface area contributed by atoms with E-state index >= 15 is 0 Å². The van der Waals surface area contributed by atoms with Crippen LogP contribution < -0.4 is 5.73 Å². The molecule has 2 aromatic carbocycles. The van der Waals surface area contributed by atoms with Gasteiger partial charge in [0.25, 0.3) is 0 Å². The van der Waals surface area contributed by atoms with Crippen molar-refractivity contribution >= 4 is 40.2 Å². The van der Waals surface area contributed by atoms with Crippen LogP contribution in [0.15, 0.2) is 47.8 Å². The highest BCUT2D eigenvalue weighted by atomic mass is 35.5. The maximum Gasteiger partial charge on any atom is 0.124 e. The molecule has 20 heavy (non-hydrogen) atoms. The van der Waals surface area contributed by atoms with Gasteiger partial charge in [-0.05, 0) is 24.3 Å². The van der Waals surface area contributed by atoms with Crippen LogP contribution in [0.4, 0.5) is 5.69 Å². The molecule has 0 saturated heterocycles. The van der Waals surface area contributed by atoms with E-state index in [0.29, 0.717) is 10.0 Å². The Balaban J connectivity index is 1.99. The van der Waals surface area contributed by atoms with Crippen LogP contribution in [0.3, 0.4) is 0 Å². The van der Waals surface area contributed by atoms with Crippen molar-refractivity contribution in [3.63, 3.8) is 0 Å². The highest BCUT2D eigenvalue weighted by Gasteiger charge is 2.08.